The van der Waals surface area contributed by atoms with Crippen molar-refractivity contribution >= 4 is 28.4 Å². The number of aromatic hydroxyl groups is 1. The number of benzene rings is 1. The molecule has 5 rings (SSSR count). The maximum absolute atomic E-state index is 9.88. The smallest absolute Gasteiger partial charge is 0.212 e. The highest BCUT2D eigenvalue weighted by molar-refractivity contribution is 6.33. The minimum absolute atomic E-state index is 0.0429. The lowest BCUT2D eigenvalue weighted by Crippen LogP contribution is -2.53. The molecule has 0 unspecified atom stereocenters. The summed E-state index contributed by atoms with van der Waals surface area (Å²) in [6.07, 6.45) is 2.48. The van der Waals surface area contributed by atoms with Crippen molar-refractivity contribution in [2.45, 2.75) is 18.9 Å². The van der Waals surface area contributed by atoms with Gasteiger partial charge in [0, 0.05) is 12.6 Å². The number of hydrogen-bond acceptors (Lipinski definition) is 5. The fourth-order valence-corrected chi connectivity index (χ4v) is 3.52. The van der Waals surface area contributed by atoms with Crippen LogP contribution in [-0.4, -0.2) is 40.8 Å². The summed E-state index contributed by atoms with van der Waals surface area (Å²) < 4.78 is 5.22. The van der Waals surface area contributed by atoms with E-state index in [0.717, 1.165) is 11.9 Å². The molecule has 1 aromatic carbocycles. The first-order valence-electron chi connectivity index (χ1n) is 6.98. The molecule has 1 atom stereocenters. The van der Waals surface area contributed by atoms with E-state index in [1.54, 1.807) is 6.07 Å². The third-order valence-corrected chi connectivity index (χ3v) is 4.85. The molecule has 3 saturated heterocycles. The molecular formula is C14H16ClN3O2. The van der Waals surface area contributed by atoms with Crippen molar-refractivity contribution < 1.29 is 9.63 Å². The van der Waals surface area contributed by atoms with Gasteiger partial charge in [-0.05, 0) is 44.0 Å². The first-order valence-corrected chi connectivity index (χ1v) is 7.36. The summed E-state index contributed by atoms with van der Waals surface area (Å²) in [5, 5.41) is 18.5. The second kappa shape index (κ2) is 4.53. The molecule has 3 fully saturated rings. The molecular weight excluding hydrogens is 278 g/mol. The van der Waals surface area contributed by atoms with Crippen LogP contribution in [-0.2, 0) is 0 Å². The van der Waals surface area contributed by atoms with Gasteiger partial charge in [0.15, 0.2) is 11.6 Å². The molecule has 0 amide bonds. The average molecular weight is 294 g/mol. The molecule has 2 N–H and O–H groups in total. The van der Waals surface area contributed by atoms with Crippen LogP contribution in [0.5, 0.6) is 5.75 Å². The van der Waals surface area contributed by atoms with Crippen molar-refractivity contribution in [1.29, 1.82) is 0 Å². The van der Waals surface area contributed by atoms with Gasteiger partial charge < -0.3 is 19.8 Å². The molecule has 4 heterocycles. The number of rotatable bonds is 2. The highest BCUT2D eigenvalue weighted by Crippen LogP contribution is 2.37. The lowest BCUT2D eigenvalue weighted by atomic mass is 9.84. The quantitative estimate of drug-likeness (QED) is 0.891. The minimum Gasteiger partial charge on any atom is -0.503 e. The molecule has 6 heteroatoms. The number of nitrogens with zero attached hydrogens (tertiary/aromatic N) is 2. The van der Waals surface area contributed by atoms with Crippen molar-refractivity contribution in [3.8, 4) is 5.75 Å². The SMILES string of the molecule is Oc1c(Cl)ccc2c(N[C@H]3CN4CCC3CC4)noc12. The van der Waals surface area contributed by atoms with Gasteiger partial charge in [0.05, 0.1) is 10.4 Å². The van der Waals surface area contributed by atoms with Crippen LogP contribution < -0.4 is 5.32 Å². The van der Waals surface area contributed by atoms with E-state index in [1.807, 2.05) is 6.07 Å². The first kappa shape index (κ1) is 12.3. The summed E-state index contributed by atoms with van der Waals surface area (Å²) in [7, 11) is 0. The largest absolute Gasteiger partial charge is 0.503 e. The van der Waals surface area contributed by atoms with Crippen LogP contribution >= 0.6 is 11.6 Å². The first-order chi connectivity index (χ1) is 9.72. The van der Waals surface area contributed by atoms with E-state index in [0.29, 0.717) is 23.4 Å². The van der Waals surface area contributed by atoms with Gasteiger partial charge in [-0.3, -0.25) is 0 Å². The molecule has 106 valence electrons. The molecule has 0 radical (unpaired) electrons. The Hall–Kier alpha value is -1.46. The van der Waals surface area contributed by atoms with Crippen molar-refractivity contribution in [2.24, 2.45) is 5.92 Å². The molecule has 2 aromatic rings. The number of anilines is 1. The van der Waals surface area contributed by atoms with Crippen molar-refractivity contribution in [3.63, 3.8) is 0 Å². The van der Waals surface area contributed by atoms with Gasteiger partial charge in [-0.2, -0.15) is 0 Å². The highest BCUT2D eigenvalue weighted by Gasteiger charge is 2.34. The van der Waals surface area contributed by atoms with Gasteiger partial charge in [0.25, 0.3) is 0 Å². The number of piperidine rings is 3. The Morgan fingerprint density at radius 2 is 2.15 bits per heavy atom. The summed E-state index contributed by atoms with van der Waals surface area (Å²) >= 11 is 5.88. The molecule has 20 heavy (non-hydrogen) atoms. The van der Waals surface area contributed by atoms with E-state index in [4.69, 9.17) is 16.1 Å². The number of halogens is 1. The minimum atomic E-state index is -0.0429. The zero-order valence-electron chi connectivity index (χ0n) is 11.0. The fourth-order valence-electron chi connectivity index (χ4n) is 3.37. The Morgan fingerprint density at radius 3 is 2.85 bits per heavy atom. The topological polar surface area (TPSA) is 61.5 Å². The van der Waals surface area contributed by atoms with Crippen molar-refractivity contribution in [1.82, 2.24) is 10.1 Å². The van der Waals surface area contributed by atoms with Crippen molar-refractivity contribution in [3.05, 3.63) is 17.2 Å². The number of aromatic nitrogens is 1. The van der Waals surface area contributed by atoms with Gasteiger partial charge in [-0.25, -0.2) is 0 Å². The van der Waals surface area contributed by atoms with E-state index in [1.165, 1.54) is 25.9 Å². The van der Waals surface area contributed by atoms with Crippen LogP contribution in [0, 0.1) is 5.92 Å². The number of hydrogen-bond donors (Lipinski definition) is 2. The molecule has 2 bridgehead atoms. The number of phenolic OH excluding ortho intramolecular Hbond substituents is 1. The zero-order valence-corrected chi connectivity index (χ0v) is 11.7. The Bertz CT molecular complexity index is 649. The summed E-state index contributed by atoms with van der Waals surface area (Å²) in [5.41, 5.74) is 0.348. The monoisotopic (exact) mass is 293 g/mol. The molecule has 5 nitrogen and oxygen atoms in total. The fraction of sp³-hybridized carbons (Fsp3) is 0.500. The molecule has 0 aliphatic carbocycles. The summed E-state index contributed by atoms with van der Waals surface area (Å²) in [6.45, 7) is 3.47. The van der Waals surface area contributed by atoms with Crippen LogP contribution in [0.3, 0.4) is 0 Å². The lowest BCUT2D eigenvalue weighted by Gasteiger charge is -2.44. The zero-order chi connectivity index (χ0) is 13.7. The normalized spacial score (nSPS) is 28.9. The van der Waals surface area contributed by atoms with Gasteiger partial charge in [0.1, 0.15) is 0 Å². The third kappa shape index (κ3) is 1.84. The van der Waals surface area contributed by atoms with Crippen LogP contribution in [0.25, 0.3) is 11.0 Å². The van der Waals surface area contributed by atoms with Gasteiger partial charge in [-0.1, -0.05) is 16.8 Å². The Kier molecular flexibility index (Phi) is 2.79. The van der Waals surface area contributed by atoms with E-state index in [9.17, 15) is 5.11 Å². The molecule has 1 aromatic heterocycles. The van der Waals surface area contributed by atoms with Gasteiger partial charge in [-0.15, -0.1) is 0 Å². The Morgan fingerprint density at radius 1 is 1.35 bits per heavy atom. The maximum atomic E-state index is 9.88. The summed E-state index contributed by atoms with van der Waals surface area (Å²) in [5.74, 6) is 1.36. The van der Waals surface area contributed by atoms with E-state index in [2.05, 4.69) is 15.4 Å². The standard InChI is InChI=1S/C14H16ClN3O2/c15-10-2-1-9-13(12(10)19)20-17-14(9)16-11-7-18-5-3-8(11)4-6-18/h1-2,8,11,19H,3-7H2,(H,16,17)/t11-/m0/s1. The number of fused-ring (bicyclic) bond motifs is 4. The molecule has 3 aliphatic heterocycles. The van der Waals surface area contributed by atoms with Crippen LogP contribution in [0.1, 0.15) is 12.8 Å². The van der Waals surface area contributed by atoms with Crippen molar-refractivity contribution in [2.75, 3.05) is 25.0 Å². The van der Waals surface area contributed by atoms with Crippen LogP contribution in [0.2, 0.25) is 5.02 Å². The number of nitrogens with one attached hydrogen (secondary N) is 1. The predicted molar refractivity (Wildman–Crippen MR) is 77.3 cm³/mol. The summed E-state index contributed by atoms with van der Waals surface area (Å²) in [4.78, 5) is 2.48. The lowest BCUT2D eigenvalue weighted by molar-refractivity contribution is 0.0973. The van der Waals surface area contributed by atoms with Crippen LogP contribution in [0.4, 0.5) is 5.82 Å². The molecule has 3 aliphatic rings. The Balaban J connectivity index is 1.65. The maximum Gasteiger partial charge on any atom is 0.212 e. The molecule has 0 spiro atoms. The van der Waals surface area contributed by atoms with E-state index in [-0.39, 0.29) is 10.8 Å². The van der Waals surface area contributed by atoms with Gasteiger partial charge in [0.2, 0.25) is 5.58 Å². The number of phenols is 1. The molecule has 0 saturated carbocycles. The van der Waals surface area contributed by atoms with E-state index >= 15 is 0 Å². The second-order valence-electron chi connectivity index (χ2n) is 5.69. The third-order valence-electron chi connectivity index (χ3n) is 4.54. The van der Waals surface area contributed by atoms with Gasteiger partial charge >= 0.3 is 0 Å². The average Bonchev–Trinajstić information content (AvgIpc) is 2.88. The summed E-state index contributed by atoms with van der Waals surface area (Å²) in [6, 6.07) is 3.90. The second-order valence-corrected chi connectivity index (χ2v) is 6.10. The Labute approximate surface area is 121 Å². The predicted octanol–water partition coefficient (Wildman–Crippen LogP) is 2.69. The van der Waals surface area contributed by atoms with E-state index < -0.39 is 0 Å². The highest BCUT2D eigenvalue weighted by atomic mass is 35.5. The van der Waals surface area contributed by atoms with Crippen LogP contribution in [0.15, 0.2) is 16.7 Å².